The van der Waals surface area contributed by atoms with Gasteiger partial charge in [0.1, 0.15) is 5.75 Å². The second-order valence-electron chi connectivity index (χ2n) is 5.93. The van der Waals surface area contributed by atoms with E-state index in [1.165, 1.54) is 22.7 Å². The van der Waals surface area contributed by atoms with Crippen LogP contribution in [0.3, 0.4) is 0 Å². The minimum absolute atomic E-state index is 0.278. The molecular weight excluding hydrogens is 430 g/mol. The van der Waals surface area contributed by atoms with Crippen LogP contribution in [-0.4, -0.2) is 23.9 Å². The molecule has 0 unspecified atom stereocenters. The fourth-order valence-electron chi connectivity index (χ4n) is 2.61. The van der Waals surface area contributed by atoms with Crippen molar-refractivity contribution < 1.29 is 14.3 Å². The molecule has 0 spiro atoms. The van der Waals surface area contributed by atoms with Gasteiger partial charge in [0, 0.05) is 5.56 Å². The van der Waals surface area contributed by atoms with Crippen molar-refractivity contribution in [3.05, 3.63) is 69.4 Å². The van der Waals surface area contributed by atoms with Crippen LogP contribution in [0.15, 0.2) is 53.9 Å². The van der Waals surface area contributed by atoms with E-state index in [0.29, 0.717) is 26.3 Å². The van der Waals surface area contributed by atoms with E-state index in [1.54, 1.807) is 37.4 Å². The molecule has 9 heteroatoms. The molecule has 2 N–H and O–H groups in total. The van der Waals surface area contributed by atoms with E-state index in [9.17, 15) is 9.59 Å². The maximum Gasteiger partial charge on any atom is 0.265 e. The van der Waals surface area contributed by atoms with Crippen molar-refractivity contribution in [3.63, 3.8) is 0 Å². The molecule has 2 aromatic heterocycles. The first-order valence-corrected chi connectivity index (χ1v) is 10.5. The molecule has 0 aliphatic carbocycles. The standard InChI is InChI=1S/C20H14ClN3O3S2/c1-27-12-5-7-14-17(10-12)29-20(23-14)24-18(25)11-4-6-13(21)15(9-11)22-19(26)16-3-2-8-28-16/h2-10H,1H3,(H,22,26)(H,23,24,25). The zero-order valence-electron chi connectivity index (χ0n) is 15.1. The van der Waals surface area contributed by atoms with Crippen LogP contribution in [0.5, 0.6) is 5.75 Å². The van der Waals surface area contributed by atoms with Gasteiger partial charge in [-0.3, -0.25) is 14.9 Å². The highest BCUT2D eigenvalue weighted by Crippen LogP contribution is 2.30. The Kier molecular flexibility index (Phi) is 5.48. The van der Waals surface area contributed by atoms with Gasteiger partial charge in [0.2, 0.25) is 0 Å². The van der Waals surface area contributed by atoms with Crippen LogP contribution in [0.1, 0.15) is 20.0 Å². The highest BCUT2D eigenvalue weighted by Gasteiger charge is 2.14. The van der Waals surface area contributed by atoms with Crippen molar-refractivity contribution in [3.8, 4) is 5.75 Å². The van der Waals surface area contributed by atoms with Crippen LogP contribution in [0.2, 0.25) is 5.02 Å². The SMILES string of the molecule is COc1ccc2nc(NC(=O)c3ccc(Cl)c(NC(=O)c4cccs4)c3)sc2c1. The minimum Gasteiger partial charge on any atom is -0.497 e. The van der Waals surface area contributed by atoms with Crippen LogP contribution in [0.25, 0.3) is 10.2 Å². The quantitative estimate of drug-likeness (QED) is 0.425. The van der Waals surface area contributed by atoms with E-state index >= 15 is 0 Å². The van der Waals surface area contributed by atoms with Gasteiger partial charge in [-0.05, 0) is 47.8 Å². The average Bonchev–Trinajstić information content (AvgIpc) is 3.38. The molecule has 0 saturated heterocycles. The topological polar surface area (TPSA) is 80.3 Å². The van der Waals surface area contributed by atoms with Crippen molar-refractivity contribution >= 4 is 67.1 Å². The van der Waals surface area contributed by atoms with Gasteiger partial charge in [-0.1, -0.05) is 29.0 Å². The number of amides is 2. The summed E-state index contributed by atoms with van der Waals surface area (Å²) in [5.74, 6) is 0.0988. The third-order valence-electron chi connectivity index (χ3n) is 4.04. The number of aromatic nitrogens is 1. The fraction of sp³-hybridized carbons (Fsp3) is 0.0500. The molecule has 146 valence electrons. The van der Waals surface area contributed by atoms with Gasteiger partial charge in [-0.2, -0.15) is 0 Å². The lowest BCUT2D eigenvalue weighted by Gasteiger charge is -2.08. The molecule has 0 bridgehead atoms. The molecule has 0 fully saturated rings. The van der Waals surface area contributed by atoms with Gasteiger partial charge in [-0.15, -0.1) is 11.3 Å². The molecule has 0 saturated carbocycles. The molecule has 4 aromatic rings. The number of fused-ring (bicyclic) bond motifs is 1. The van der Waals surface area contributed by atoms with Gasteiger partial charge < -0.3 is 10.1 Å². The van der Waals surface area contributed by atoms with E-state index in [2.05, 4.69) is 15.6 Å². The molecular formula is C20H14ClN3O3S2. The lowest BCUT2D eigenvalue weighted by atomic mass is 10.2. The number of hydrogen-bond acceptors (Lipinski definition) is 6. The Bertz CT molecular complexity index is 1210. The van der Waals surface area contributed by atoms with Crippen LogP contribution in [-0.2, 0) is 0 Å². The predicted molar refractivity (Wildman–Crippen MR) is 118 cm³/mol. The van der Waals surface area contributed by atoms with Gasteiger partial charge >= 0.3 is 0 Å². The van der Waals surface area contributed by atoms with Crippen molar-refractivity contribution in [2.24, 2.45) is 0 Å². The third kappa shape index (κ3) is 4.24. The zero-order chi connectivity index (χ0) is 20.4. The highest BCUT2D eigenvalue weighted by atomic mass is 35.5. The Balaban J connectivity index is 1.53. The molecule has 4 rings (SSSR count). The molecule has 0 aliphatic heterocycles. The Morgan fingerprint density at radius 2 is 1.93 bits per heavy atom. The summed E-state index contributed by atoms with van der Waals surface area (Å²) in [5.41, 5.74) is 1.49. The zero-order valence-corrected chi connectivity index (χ0v) is 17.5. The van der Waals surface area contributed by atoms with Crippen LogP contribution >= 0.6 is 34.3 Å². The molecule has 2 aromatic carbocycles. The maximum absolute atomic E-state index is 12.7. The van der Waals surface area contributed by atoms with Crippen LogP contribution < -0.4 is 15.4 Å². The summed E-state index contributed by atoms with van der Waals surface area (Å²) in [4.78, 5) is 29.9. The van der Waals surface area contributed by atoms with E-state index < -0.39 is 0 Å². The number of carbonyl (C=O) groups is 2. The number of methoxy groups -OCH3 is 1. The summed E-state index contributed by atoms with van der Waals surface area (Å²) in [6.45, 7) is 0. The predicted octanol–water partition coefficient (Wildman–Crippen LogP) is 5.52. The minimum atomic E-state index is -0.348. The first-order chi connectivity index (χ1) is 14.0. The van der Waals surface area contributed by atoms with Gasteiger partial charge in [0.15, 0.2) is 5.13 Å². The normalized spacial score (nSPS) is 10.7. The maximum atomic E-state index is 12.7. The summed E-state index contributed by atoms with van der Waals surface area (Å²) in [7, 11) is 1.60. The number of thiophene rings is 1. The average molecular weight is 444 g/mol. The summed E-state index contributed by atoms with van der Waals surface area (Å²) in [6, 6.07) is 13.7. The van der Waals surface area contributed by atoms with Gasteiger partial charge in [-0.25, -0.2) is 4.98 Å². The van der Waals surface area contributed by atoms with Crippen LogP contribution in [0, 0.1) is 0 Å². The molecule has 2 heterocycles. The van der Waals surface area contributed by atoms with Crippen molar-refractivity contribution in [2.75, 3.05) is 17.7 Å². The number of carbonyl (C=O) groups excluding carboxylic acids is 2. The molecule has 6 nitrogen and oxygen atoms in total. The number of thiazole rings is 1. The van der Waals surface area contributed by atoms with E-state index in [0.717, 1.165) is 16.0 Å². The number of nitrogens with zero attached hydrogens (tertiary/aromatic N) is 1. The molecule has 0 radical (unpaired) electrons. The number of anilines is 2. The number of rotatable bonds is 5. The number of benzene rings is 2. The first-order valence-electron chi connectivity index (χ1n) is 8.44. The Morgan fingerprint density at radius 1 is 1.07 bits per heavy atom. The molecule has 2 amide bonds. The monoisotopic (exact) mass is 443 g/mol. The largest absolute Gasteiger partial charge is 0.497 e. The smallest absolute Gasteiger partial charge is 0.265 e. The van der Waals surface area contributed by atoms with Crippen LogP contribution in [0.4, 0.5) is 10.8 Å². The highest BCUT2D eigenvalue weighted by molar-refractivity contribution is 7.22. The second-order valence-corrected chi connectivity index (χ2v) is 8.32. The lowest BCUT2D eigenvalue weighted by Crippen LogP contribution is -2.14. The summed E-state index contributed by atoms with van der Waals surface area (Å²) >= 11 is 8.85. The molecule has 29 heavy (non-hydrogen) atoms. The Labute approximate surface area is 179 Å². The number of ether oxygens (including phenoxy) is 1. The number of hydrogen-bond donors (Lipinski definition) is 2. The Morgan fingerprint density at radius 3 is 2.69 bits per heavy atom. The molecule has 0 aliphatic rings. The van der Waals surface area contributed by atoms with Crippen molar-refractivity contribution in [1.82, 2.24) is 4.98 Å². The van der Waals surface area contributed by atoms with Crippen molar-refractivity contribution in [1.29, 1.82) is 0 Å². The van der Waals surface area contributed by atoms with Crippen molar-refractivity contribution in [2.45, 2.75) is 0 Å². The first kappa shape index (κ1) is 19.4. The third-order valence-corrected chi connectivity index (χ3v) is 6.17. The fourth-order valence-corrected chi connectivity index (χ4v) is 4.28. The summed E-state index contributed by atoms with van der Waals surface area (Å²) in [5, 5.41) is 8.15. The van der Waals surface area contributed by atoms with Gasteiger partial charge in [0.05, 0.1) is 32.9 Å². The Hall–Kier alpha value is -2.94. The van der Waals surface area contributed by atoms with E-state index in [-0.39, 0.29) is 11.8 Å². The molecule has 0 atom stereocenters. The van der Waals surface area contributed by atoms with E-state index in [4.69, 9.17) is 16.3 Å². The van der Waals surface area contributed by atoms with Gasteiger partial charge in [0.25, 0.3) is 11.8 Å². The number of halogens is 1. The van der Waals surface area contributed by atoms with E-state index in [1.807, 2.05) is 23.6 Å². The summed E-state index contributed by atoms with van der Waals surface area (Å²) < 4.78 is 6.11. The number of nitrogens with one attached hydrogen (secondary N) is 2. The second kappa shape index (κ2) is 8.20. The lowest BCUT2D eigenvalue weighted by molar-refractivity contribution is 0.101. The summed E-state index contributed by atoms with van der Waals surface area (Å²) in [6.07, 6.45) is 0.